The standard InChI is InChI=1S/C16H23N3O/c1-4-12(2)18-16(20)11-19-8-7-14-6-5-13(10-17-3)9-15(14)19/h5-9,12,17H,4,10-11H2,1-3H3,(H,18,20). The van der Waals surface area contributed by atoms with Crippen LogP contribution < -0.4 is 10.6 Å². The van der Waals surface area contributed by atoms with E-state index in [4.69, 9.17) is 0 Å². The van der Waals surface area contributed by atoms with E-state index in [1.807, 2.05) is 24.7 Å². The Balaban J connectivity index is 2.17. The van der Waals surface area contributed by atoms with Gasteiger partial charge in [-0.3, -0.25) is 4.79 Å². The van der Waals surface area contributed by atoms with Gasteiger partial charge in [0.15, 0.2) is 0 Å². The van der Waals surface area contributed by atoms with Crippen LogP contribution >= 0.6 is 0 Å². The summed E-state index contributed by atoms with van der Waals surface area (Å²) in [5.74, 6) is 0.0656. The molecule has 4 nitrogen and oxygen atoms in total. The van der Waals surface area contributed by atoms with Crippen LogP contribution in [0.2, 0.25) is 0 Å². The molecule has 0 aliphatic carbocycles. The molecular formula is C16H23N3O. The molecule has 0 saturated carbocycles. The second kappa shape index (κ2) is 6.57. The molecule has 1 heterocycles. The topological polar surface area (TPSA) is 46.1 Å². The predicted molar refractivity (Wildman–Crippen MR) is 82.6 cm³/mol. The number of nitrogens with one attached hydrogen (secondary N) is 2. The highest BCUT2D eigenvalue weighted by molar-refractivity contribution is 5.83. The Morgan fingerprint density at radius 2 is 2.15 bits per heavy atom. The van der Waals surface area contributed by atoms with Gasteiger partial charge in [-0.05, 0) is 43.5 Å². The lowest BCUT2D eigenvalue weighted by Gasteiger charge is -2.12. The minimum atomic E-state index is 0.0656. The molecule has 0 aliphatic rings. The molecule has 1 unspecified atom stereocenters. The monoisotopic (exact) mass is 273 g/mol. The van der Waals surface area contributed by atoms with E-state index in [0.717, 1.165) is 18.5 Å². The van der Waals surface area contributed by atoms with Crippen molar-refractivity contribution in [3.8, 4) is 0 Å². The Hall–Kier alpha value is -1.81. The lowest BCUT2D eigenvalue weighted by Crippen LogP contribution is -2.34. The Morgan fingerprint density at radius 3 is 2.85 bits per heavy atom. The van der Waals surface area contributed by atoms with Crippen molar-refractivity contribution in [3.63, 3.8) is 0 Å². The van der Waals surface area contributed by atoms with Crippen LogP contribution in [0.5, 0.6) is 0 Å². The van der Waals surface area contributed by atoms with Crippen molar-refractivity contribution in [1.29, 1.82) is 0 Å². The van der Waals surface area contributed by atoms with Gasteiger partial charge in [-0.1, -0.05) is 19.1 Å². The summed E-state index contributed by atoms with van der Waals surface area (Å²) >= 11 is 0. The van der Waals surface area contributed by atoms with Gasteiger partial charge < -0.3 is 15.2 Å². The SMILES string of the molecule is CCC(C)NC(=O)Cn1ccc2ccc(CNC)cc21. The first kappa shape index (κ1) is 14.6. The molecule has 2 aromatic rings. The molecule has 20 heavy (non-hydrogen) atoms. The minimum absolute atomic E-state index is 0.0656. The van der Waals surface area contributed by atoms with Crippen molar-refractivity contribution >= 4 is 16.8 Å². The van der Waals surface area contributed by atoms with Crippen LogP contribution in [-0.2, 0) is 17.9 Å². The number of amides is 1. The van der Waals surface area contributed by atoms with Crippen molar-refractivity contribution in [2.45, 2.75) is 39.4 Å². The Labute approximate surface area is 120 Å². The zero-order chi connectivity index (χ0) is 14.5. The summed E-state index contributed by atoms with van der Waals surface area (Å²) in [6.07, 6.45) is 2.93. The molecule has 0 saturated heterocycles. The zero-order valence-corrected chi connectivity index (χ0v) is 12.4. The summed E-state index contributed by atoms with van der Waals surface area (Å²) in [6, 6.07) is 8.63. The fourth-order valence-electron chi connectivity index (χ4n) is 2.26. The summed E-state index contributed by atoms with van der Waals surface area (Å²) in [6.45, 7) is 5.30. The van der Waals surface area contributed by atoms with Crippen LogP contribution in [-0.4, -0.2) is 23.6 Å². The lowest BCUT2D eigenvalue weighted by molar-refractivity contribution is -0.122. The number of carbonyl (C=O) groups is 1. The fraction of sp³-hybridized carbons (Fsp3) is 0.438. The predicted octanol–water partition coefficient (Wildman–Crippen LogP) is 2.28. The third kappa shape index (κ3) is 3.39. The molecular weight excluding hydrogens is 250 g/mol. The second-order valence-electron chi connectivity index (χ2n) is 5.24. The lowest BCUT2D eigenvalue weighted by atomic mass is 10.1. The first-order chi connectivity index (χ1) is 9.63. The van der Waals surface area contributed by atoms with Crippen LogP contribution in [0.1, 0.15) is 25.8 Å². The molecule has 4 heteroatoms. The highest BCUT2D eigenvalue weighted by Gasteiger charge is 2.08. The Kier molecular flexibility index (Phi) is 4.79. The second-order valence-corrected chi connectivity index (χ2v) is 5.24. The van der Waals surface area contributed by atoms with E-state index in [2.05, 4.69) is 41.8 Å². The van der Waals surface area contributed by atoms with E-state index < -0.39 is 0 Å². The maximum atomic E-state index is 12.0. The van der Waals surface area contributed by atoms with Gasteiger partial charge in [0, 0.05) is 24.3 Å². The summed E-state index contributed by atoms with van der Waals surface area (Å²) in [4.78, 5) is 12.0. The van der Waals surface area contributed by atoms with Crippen molar-refractivity contribution in [2.24, 2.45) is 0 Å². The molecule has 108 valence electrons. The third-order valence-electron chi connectivity index (χ3n) is 3.55. The van der Waals surface area contributed by atoms with E-state index >= 15 is 0 Å². The van der Waals surface area contributed by atoms with Gasteiger partial charge in [0.05, 0.1) is 0 Å². The van der Waals surface area contributed by atoms with Crippen molar-refractivity contribution < 1.29 is 4.79 Å². The molecule has 2 rings (SSSR count). The quantitative estimate of drug-likeness (QED) is 0.848. The maximum Gasteiger partial charge on any atom is 0.240 e. The number of fused-ring (bicyclic) bond motifs is 1. The summed E-state index contributed by atoms with van der Waals surface area (Å²) in [5.41, 5.74) is 2.33. The van der Waals surface area contributed by atoms with Crippen molar-refractivity contribution in [2.75, 3.05) is 7.05 Å². The molecule has 1 aromatic heterocycles. The van der Waals surface area contributed by atoms with Gasteiger partial charge in [0.1, 0.15) is 6.54 Å². The first-order valence-electron chi connectivity index (χ1n) is 7.15. The molecule has 1 atom stereocenters. The Bertz CT molecular complexity index is 588. The largest absolute Gasteiger partial charge is 0.352 e. The molecule has 0 fully saturated rings. The third-order valence-corrected chi connectivity index (χ3v) is 3.55. The molecule has 0 aliphatic heterocycles. The number of hydrogen-bond donors (Lipinski definition) is 2. The van der Waals surface area contributed by atoms with Gasteiger partial charge in [-0.25, -0.2) is 0 Å². The van der Waals surface area contributed by atoms with Gasteiger partial charge in [-0.2, -0.15) is 0 Å². The van der Waals surface area contributed by atoms with E-state index in [-0.39, 0.29) is 11.9 Å². The van der Waals surface area contributed by atoms with Crippen LogP contribution in [0.25, 0.3) is 10.9 Å². The van der Waals surface area contributed by atoms with Gasteiger partial charge in [0.25, 0.3) is 0 Å². The van der Waals surface area contributed by atoms with Gasteiger partial charge in [0.2, 0.25) is 5.91 Å². The van der Waals surface area contributed by atoms with Crippen LogP contribution in [0.15, 0.2) is 30.5 Å². The Morgan fingerprint density at radius 1 is 1.35 bits per heavy atom. The highest BCUT2D eigenvalue weighted by atomic mass is 16.2. The first-order valence-corrected chi connectivity index (χ1v) is 7.15. The smallest absolute Gasteiger partial charge is 0.240 e. The average molecular weight is 273 g/mol. The molecule has 0 spiro atoms. The van der Waals surface area contributed by atoms with E-state index in [1.165, 1.54) is 10.9 Å². The number of rotatable bonds is 6. The molecule has 0 radical (unpaired) electrons. The van der Waals surface area contributed by atoms with Crippen LogP contribution in [0, 0.1) is 0 Å². The number of aromatic nitrogens is 1. The van der Waals surface area contributed by atoms with Crippen molar-refractivity contribution in [3.05, 3.63) is 36.0 Å². The summed E-state index contributed by atoms with van der Waals surface area (Å²) in [7, 11) is 1.93. The summed E-state index contributed by atoms with van der Waals surface area (Å²) in [5, 5.41) is 7.31. The van der Waals surface area contributed by atoms with E-state index in [1.54, 1.807) is 0 Å². The normalized spacial score (nSPS) is 12.6. The maximum absolute atomic E-state index is 12.0. The molecule has 0 bridgehead atoms. The van der Waals surface area contributed by atoms with Crippen LogP contribution in [0.3, 0.4) is 0 Å². The molecule has 1 amide bonds. The highest BCUT2D eigenvalue weighted by Crippen LogP contribution is 2.17. The van der Waals surface area contributed by atoms with Gasteiger partial charge >= 0.3 is 0 Å². The average Bonchev–Trinajstić information content (AvgIpc) is 2.81. The van der Waals surface area contributed by atoms with Gasteiger partial charge in [-0.15, -0.1) is 0 Å². The number of nitrogens with zero attached hydrogens (tertiary/aromatic N) is 1. The van der Waals surface area contributed by atoms with Crippen LogP contribution in [0.4, 0.5) is 0 Å². The number of hydrogen-bond acceptors (Lipinski definition) is 2. The van der Waals surface area contributed by atoms with E-state index in [0.29, 0.717) is 6.54 Å². The van der Waals surface area contributed by atoms with Crippen molar-refractivity contribution in [1.82, 2.24) is 15.2 Å². The fourth-order valence-corrected chi connectivity index (χ4v) is 2.26. The number of carbonyl (C=O) groups excluding carboxylic acids is 1. The zero-order valence-electron chi connectivity index (χ0n) is 12.4. The number of benzene rings is 1. The molecule has 1 aromatic carbocycles. The molecule has 2 N–H and O–H groups in total. The minimum Gasteiger partial charge on any atom is -0.352 e. The summed E-state index contributed by atoms with van der Waals surface area (Å²) < 4.78 is 2.01. The van der Waals surface area contributed by atoms with E-state index in [9.17, 15) is 4.79 Å².